The first-order valence-corrected chi connectivity index (χ1v) is 13.7. The van der Waals surface area contributed by atoms with Crippen LogP contribution in [0.5, 0.6) is 11.5 Å². The van der Waals surface area contributed by atoms with Crippen molar-refractivity contribution in [1.29, 1.82) is 0 Å². The Balaban J connectivity index is 2.34. The van der Waals surface area contributed by atoms with E-state index in [9.17, 15) is 21.6 Å². The fraction of sp³-hybridized carbons (Fsp3) is 0.409. The van der Waals surface area contributed by atoms with Gasteiger partial charge in [0, 0.05) is 19.9 Å². The minimum Gasteiger partial charge on any atom is -0.457 e. The number of carbonyl (C=O) groups is 1. The summed E-state index contributed by atoms with van der Waals surface area (Å²) in [5, 5.41) is 9.17. The highest BCUT2D eigenvalue weighted by atomic mass is 32.2. The molecule has 1 unspecified atom stereocenters. The van der Waals surface area contributed by atoms with Gasteiger partial charge in [-0.05, 0) is 61.4 Å². The predicted octanol–water partition coefficient (Wildman–Crippen LogP) is 2.44. The van der Waals surface area contributed by atoms with Crippen LogP contribution in [0.2, 0.25) is 0 Å². The molecule has 0 bridgehead atoms. The molecule has 1 amide bonds. The van der Waals surface area contributed by atoms with Gasteiger partial charge in [0.2, 0.25) is 10.0 Å². The number of sulfonamides is 1. The molecular weight excluding hydrogens is 484 g/mol. The van der Waals surface area contributed by atoms with E-state index in [-0.39, 0.29) is 16.3 Å². The number of nitrogens with one attached hydrogen (secondary N) is 1. The second kappa shape index (κ2) is 11.3. The average molecular weight is 515 g/mol. The Morgan fingerprint density at radius 3 is 1.79 bits per heavy atom. The van der Waals surface area contributed by atoms with E-state index in [0.29, 0.717) is 11.5 Å². The number of hydroxylamine groups is 1. The van der Waals surface area contributed by atoms with Crippen LogP contribution in [-0.4, -0.2) is 64.3 Å². The molecule has 34 heavy (non-hydrogen) atoms. The standard InChI is InChI=1S/C22H30N2O8S2/c1-15(2)21(22(25)23-26)24(14-16(3)31-4)34(29,30)20-12-8-18(9-13-20)32-17-6-10-19(11-7-17)33(5,27)28/h6-13,15-16,21,26H,14H2,1-5H3,(H,23,25)/t16?,21-/m0/s1. The lowest BCUT2D eigenvalue weighted by Crippen LogP contribution is -2.53. The molecule has 12 heteroatoms. The van der Waals surface area contributed by atoms with Gasteiger partial charge < -0.3 is 9.47 Å². The van der Waals surface area contributed by atoms with Crippen molar-refractivity contribution >= 4 is 25.8 Å². The summed E-state index contributed by atoms with van der Waals surface area (Å²) >= 11 is 0. The van der Waals surface area contributed by atoms with Crippen molar-refractivity contribution in [1.82, 2.24) is 9.79 Å². The quantitative estimate of drug-likeness (QED) is 0.344. The lowest BCUT2D eigenvalue weighted by molar-refractivity contribution is -0.135. The Morgan fingerprint density at radius 2 is 1.41 bits per heavy atom. The first kappa shape index (κ1) is 27.7. The van der Waals surface area contributed by atoms with Crippen LogP contribution in [0.25, 0.3) is 0 Å². The maximum Gasteiger partial charge on any atom is 0.262 e. The largest absolute Gasteiger partial charge is 0.457 e. The molecule has 2 aromatic carbocycles. The minimum absolute atomic E-state index is 0.0769. The van der Waals surface area contributed by atoms with Gasteiger partial charge in [0.15, 0.2) is 9.84 Å². The number of methoxy groups -OCH3 is 1. The molecule has 0 aliphatic carbocycles. The molecule has 0 aliphatic heterocycles. The molecule has 0 spiro atoms. The Labute approximate surface area is 200 Å². The molecule has 2 rings (SSSR count). The lowest BCUT2D eigenvalue weighted by Gasteiger charge is -2.33. The molecular formula is C22H30N2O8S2. The summed E-state index contributed by atoms with van der Waals surface area (Å²) < 4.78 is 62.0. The number of ether oxygens (including phenoxy) is 2. The smallest absolute Gasteiger partial charge is 0.262 e. The summed E-state index contributed by atoms with van der Waals surface area (Å²) in [4.78, 5) is 12.4. The molecule has 2 atom stereocenters. The summed E-state index contributed by atoms with van der Waals surface area (Å²) in [6, 6.07) is 10.2. The van der Waals surface area contributed by atoms with Crippen molar-refractivity contribution in [3.8, 4) is 11.5 Å². The molecule has 0 aromatic heterocycles. The Hall–Kier alpha value is -2.51. The number of sulfone groups is 1. The molecule has 0 fully saturated rings. The van der Waals surface area contributed by atoms with E-state index in [0.717, 1.165) is 10.6 Å². The minimum atomic E-state index is -4.16. The van der Waals surface area contributed by atoms with Gasteiger partial charge in [0.1, 0.15) is 17.5 Å². The van der Waals surface area contributed by atoms with E-state index < -0.39 is 43.8 Å². The zero-order valence-electron chi connectivity index (χ0n) is 19.6. The van der Waals surface area contributed by atoms with Crippen LogP contribution in [0.1, 0.15) is 20.8 Å². The van der Waals surface area contributed by atoms with Gasteiger partial charge in [-0.3, -0.25) is 10.0 Å². The van der Waals surface area contributed by atoms with Crippen molar-refractivity contribution in [3.63, 3.8) is 0 Å². The van der Waals surface area contributed by atoms with Crippen LogP contribution in [-0.2, 0) is 29.4 Å². The fourth-order valence-corrected chi connectivity index (χ4v) is 5.65. The van der Waals surface area contributed by atoms with Gasteiger partial charge >= 0.3 is 0 Å². The molecule has 10 nitrogen and oxygen atoms in total. The van der Waals surface area contributed by atoms with Gasteiger partial charge in [-0.1, -0.05) is 13.8 Å². The van der Waals surface area contributed by atoms with Gasteiger partial charge in [0.05, 0.1) is 15.9 Å². The molecule has 0 saturated heterocycles. The van der Waals surface area contributed by atoms with E-state index in [1.165, 1.54) is 55.6 Å². The summed E-state index contributed by atoms with van der Waals surface area (Å²) in [6.07, 6.45) is 0.590. The molecule has 2 N–H and O–H groups in total. The summed E-state index contributed by atoms with van der Waals surface area (Å²) in [5.74, 6) is -0.586. The summed E-state index contributed by atoms with van der Waals surface area (Å²) in [7, 11) is -6.06. The highest BCUT2D eigenvalue weighted by Crippen LogP contribution is 2.27. The zero-order valence-corrected chi connectivity index (χ0v) is 21.3. The van der Waals surface area contributed by atoms with Gasteiger partial charge in [-0.25, -0.2) is 22.3 Å². The predicted molar refractivity (Wildman–Crippen MR) is 125 cm³/mol. The van der Waals surface area contributed by atoms with Crippen LogP contribution in [0.3, 0.4) is 0 Å². The molecule has 0 aliphatic rings. The van der Waals surface area contributed by atoms with Crippen LogP contribution in [0, 0.1) is 5.92 Å². The van der Waals surface area contributed by atoms with Crippen LogP contribution < -0.4 is 10.2 Å². The van der Waals surface area contributed by atoms with E-state index in [2.05, 4.69) is 0 Å². The van der Waals surface area contributed by atoms with Crippen molar-refractivity contribution in [3.05, 3.63) is 48.5 Å². The number of carbonyl (C=O) groups excluding carboxylic acids is 1. The van der Waals surface area contributed by atoms with E-state index in [4.69, 9.17) is 14.7 Å². The lowest BCUT2D eigenvalue weighted by atomic mass is 10.0. The maximum atomic E-state index is 13.5. The van der Waals surface area contributed by atoms with Gasteiger partial charge in [-0.2, -0.15) is 4.31 Å². The van der Waals surface area contributed by atoms with Crippen molar-refractivity contribution in [2.24, 2.45) is 5.92 Å². The Morgan fingerprint density at radius 1 is 0.941 bits per heavy atom. The highest BCUT2D eigenvalue weighted by molar-refractivity contribution is 7.90. The van der Waals surface area contributed by atoms with Crippen molar-refractivity contribution in [2.75, 3.05) is 19.9 Å². The first-order chi connectivity index (χ1) is 15.8. The first-order valence-electron chi connectivity index (χ1n) is 10.4. The van der Waals surface area contributed by atoms with Gasteiger partial charge in [-0.15, -0.1) is 0 Å². The van der Waals surface area contributed by atoms with Crippen LogP contribution >= 0.6 is 0 Å². The Bertz CT molecular complexity index is 1180. The monoisotopic (exact) mass is 514 g/mol. The SMILES string of the molecule is COC(C)CN([C@H](C(=O)NO)C(C)C)S(=O)(=O)c1ccc(Oc2ccc(S(C)(=O)=O)cc2)cc1. The normalized spacial score (nSPS) is 14.1. The van der Waals surface area contributed by atoms with Crippen molar-refractivity contribution < 1.29 is 36.3 Å². The van der Waals surface area contributed by atoms with Gasteiger partial charge in [0.25, 0.3) is 5.91 Å². The number of rotatable bonds is 11. The topological polar surface area (TPSA) is 139 Å². The Kier molecular flexibility index (Phi) is 9.20. The number of amides is 1. The van der Waals surface area contributed by atoms with Crippen LogP contribution in [0.4, 0.5) is 0 Å². The average Bonchev–Trinajstić information content (AvgIpc) is 2.78. The zero-order chi connectivity index (χ0) is 25.7. The molecule has 0 heterocycles. The van der Waals surface area contributed by atoms with Crippen LogP contribution in [0.15, 0.2) is 58.3 Å². The van der Waals surface area contributed by atoms with E-state index in [1.807, 2.05) is 0 Å². The molecule has 188 valence electrons. The molecule has 0 saturated carbocycles. The molecule has 0 radical (unpaired) electrons. The van der Waals surface area contributed by atoms with Crippen molar-refractivity contribution in [2.45, 2.75) is 42.7 Å². The third kappa shape index (κ3) is 6.76. The number of hydrogen-bond acceptors (Lipinski definition) is 8. The second-order valence-electron chi connectivity index (χ2n) is 8.10. The number of nitrogens with zero attached hydrogens (tertiary/aromatic N) is 1. The third-order valence-corrected chi connectivity index (χ3v) is 8.07. The third-order valence-electron chi connectivity index (χ3n) is 5.08. The number of benzene rings is 2. The highest BCUT2D eigenvalue weighted by Gasteiger charge is 2.38. The maximum absolute atomic E-state index is 13.5. The second-order valence-corrected chi connectivity index (χ2v) is 12.0. The molecule has 2 aromatic rings. The summed E-state index contributed by atoms with van der Waals surface area (Å²) in [5.41, 5.74) is 1.55. The fourth-order valence-electron chi connectivity index (χ4n) is 3.23. The number of hydrogen-bond donors (Lipinski definition) is 2. The van der Waals surface area contributed by atoms with E-state index in [1.54, 1.807) is 26.3 Å². The summed E-state index contributed by atoms with van der Waals surface area (Å²) in [6.45, 7) is 4.90. The van der Waals surface area contributed by atoms with E-state index >= 15 is 0 Å².